The van der Waals surface area contributed by atoms with Gasteiger partial charge in [0, 0.05) is 25.0 Å². The van der Waals surface area contributed by atoms with E-state index < -0.39 is 0 Å². The summed E-state index contributed by atoms with van der Waals surface area (Å²) in [6.45, 7) is 2.20. The van der Waals surface area contributed by atoms with Crippen molar-refractivity contribution in [2.75, 3.05) is 0 Å². The van der Waals surface area contributed by atoms with Crippen LogP contribution in [0.5, 0.6) is 0 Å². The topological polar surface area (TPSA) is 43.8 Å². The second-order valence-electron chi connectivity index (χ2n) is 3.89. The van der Waals surface area contributed by atoms with Gasteiger partial charge in [-0.1, -0.05) is 19.8 Å². The van der Waals surface area contributed by atoms with Crippen molar-refractivity contribution in [2.24, 2.45) is 12.8 Å². The van der Waals surface area contributed by atoms with Gasteiger partial charge in [-0.2, -0.15) is 5.10 Å². The van der Waals surface area contributed by atoms with Crippen LogP contribution in [0.1, 0.15) is 38.3 Å². The standard InChI is InChI=1S/C11H21N3/c1-3-4-5-10(12)6-7-11-8-9-13-14(11)2/h8-10H,3-7,12H2,1-2H3. The summed E-state index contributed by atoms with van der Waals surface area (Å²) >= 11 is 0. The Hall–Kier alpha value is -0.830. The average molecular weight is 195 g/mol. The van der Waals surface area contributed by atoms with Gasteiger partial charge in [0.15, 0.2) is 0 Å². The highest BCUT2D eigenvalue weighted by Crippen LogP contribution is 2.07. The Morgan fingerprint density at radius 2 is 2.29 bits per heavy atom. The first kappa shape index (κ1) is 11.2. The zero-order valence-electron chi connectivity index (χ0n) is 9.24. The van der Waals surface area contributed by atoms with Gasteiger partial charge in [0.2, 0.25) is 0 Å². The summed E-state index contributed by atoms with van der Waals surface area (Å²) in [5, 5.41) is 4.13. The molecule has 3 nitrogen and oxygen atoms in total. The summed E-state index contributed by atoms with van der Waals surface area (Å²) in [6.07, 6.45) is 7.58. The molecule has 1 heterocycles. The SMILES string of the molecule is CCCCC(N)CCc1ccnn1C. The van der Waals surface area contributed by atoms with E-state index in [2.05, 4.69) is 18.1 Å². The molecule has 1 unspecified atom stereocenters. The Balaban J connectivity index is 2.23. The van der Waals surface area contributed by atoms with Crippen molar-refractivity contribution < 1.29 is 0 Å². The first-order valence-electron chi connectivity index (χ1n) is 5.46. The minimum Gasteiger partial charge on any atom is -0.328 e. The maximum absolute atomic E-state index is 6.00. The van der Waals surface area contributed by atoms with Crippen LogP contribution >= 0.6 is 0 Å². The van der Waals surface area contributed by atoms with Gasteiger partial charge >= 0.3 is 0 Å². The predicted molar refractivity (Wildman–Crippen MR) is 59.0 cm³/mol. The molecule has 0 fully saturated rings. The van der Waals surface area contributed by atoms with Gasteiger partial charge in [0.1, 0.15) is 0 Å². The quantitative estimate of drug-likeness (QED) is 0.753. The van der Waals surface area contributed by atoms with E-state index in [-0.39, 0.29) is 0 Å². The lowest BCUT2D eigenvalue weighted by Gasteiger charge is -2.10. The van der Waals surface area contributed by atoms with Crippen LogP contribution in [0.2, 0.25) is 0 Å². The van der Waals surface area contributed by atoms with E-state index in [9.17, 15) is 0 Å². The Morgan fingerprint density at radius 1 is 1.50 bits per heavy atom. The lowest BCUT2D eigenvalue weighted by atomic mass is 10.0. The molecule has 0 aliphatic rings. The van der Waals surface area contributed by atoms with Gasteiger partial charge in [-0.25, -0.2) is 0 Å². The molecule has 0 saturated carbocycles. The highest BCUT2D eigenvalue weighted by atomic mass is 15.2. The monoisotopic (exact) mass is 195 g/mol. The van der Waals surface area contributed by atoms with Crippen molar-refractivity contribution in [3.63, 3.8) is 0 Å². The van der Waals surface area contributed by atoms with Crippen molar-refractivity contribution >= 4 is 0 Å². The smallest absolute Gasteiger partial charge is 0.0492 e. The van der Waals surface area contributed by atoms with Gasteiger partial charge in [-0.15, -0.1) is 0 Å². The summed E-state index contributed by atoms with van der Waals surface area (Å²) in [4.78, 5) is 0. The van der Waals surface area contributed by atoms with E-state index in [4.69, 9.17) is 5.73 Å². The van der Waals surface area contributed by atoms with E-state index >= 15 is 0 Å². The van der Waals surface area contributed by atoms with Crippen LogP contribution in [0, 0.1) is 0 Å². The first-order chi connectivity index (χ1) is 6.74. The molecule has 0 bridgehead atoms. The van der Waals surface area contributed by atoms with Gasteiger partial charge < -0.3 is 5.73 Å². The third kappa shape index (κ3) is 3.50. The molecular formula is C11H21N3. The number of unbranched alkanes of at least 4 members (excludes halogenated alkanes) is 1. The van der Waals surface area contributed by atoms with Gasteiger partial charge in [0.25, 0.3) is 0 Å². The molecule has 1 aromatic heterocycles. The molecule has 0 aliphatic heterocycles. The molecular weight excluding hydrogens is 174 g/mol. The second kappa shape index (κ2) is 5.81. The molecule has 3 heteroatoms. The zero-order valence-corrected chi connectivity index (χ0v) is 9.24. The molecule has 1 rings (SSSR count). The number of nitrogens with two attached hydrogens (primary N) is 1. The van der Waals surface area contributed by atoms with Crippen LogP contribution in [-0.2, 0) is 13.5 Å². The number of rotatable bonds is 6. The van der Waals surface area contributed by atoms with Gasteiger partial charge in [0.05, 0.1) is 0 Å². The lowest BCUT2D eigenvalue weighted by Crippen LogP contribution is -2.20. The average Bonchev–Trinajstić information content (AvgIpc) is 2.58. The summed E-state index contributed by atoms with van der Waals surface area (Å²) in [5.74, 6) is 0. The van der Waals surface area contributed by atoms with Crippen molar-refractivity contribution in [1.82, 2.24) is 9.78 Å². The molecule has 0 aromatic carbocycles. The third-order valence-corrected chi connectivity index (χ3v) is 2.62. The van der Waals surface area contributed by atoms with E-state index in [1.54, 1.807) is 0 Å². The minimum atomic E-state index is 0.352. The summed E-state index contributed by atoms with van der Waals surface area (Å²) < 4.78 is 1.92. The van der Waals surface area contributed by atoms with Crippen LogP contribution < -0.4 is 5.73 Å². The largest absolute Gasteiger partial charge is 0.328 e. The van der Waals surface area contributed by atoms with Gasteiger partial charge in [-0.3, -0.25) is 4.68 Å². The molecule has 0 aliphatic carbocycles. The van der Waals surface area contributed by atoms with Crippen molar-refractivity contribution in [1.29, 1.82) is 0 Å². The van der Waals surface area contributed by atoms with E-state index in [1.807, 2.05) is 17.9 Å². The summed E-state index contributed by atoms with van der Waals surface area (Å²) in [7, 11) is 1.98. The number of hydrogen-bond donors (Lipinski definition) is 1. The van der Waals surface area contributed by atoms with Crippen molar-refractivity contribution in [3.05, 3.63) is 18.0 Å². The first-order valence-corrected chi connectivity index (χ1v) is 5.46. The van der Waals surface area contributed by atoms with Crippen LogP contribution in [0.25, 0.3) is 0 Å². The normalized spacial score (nSPS) is 13.1. The Kier molecular flexibility index (Phi) is 4.66. The van der Waals surface area contributed by atoms with E-state index in [0.29, 0.717) is 6.04 Å². The number of aryl methyl sites for hydroxylation is 2. The fourth-order valence-corrected chi connectivity index (χ4v) is 1.59. The fourth-order valence-electron chi connectivity index (χ4n) is 1.59. The third-order valence-electron chi connectivity index (χ3n) is 2.62. The van der Waals surface area contributed by atoms with Crippen LogP contribution in [0.15, 0.2) is 12.3 Å². The van der Waals surface area contributed by atoms with Crippen LogP contribution in [0.3, 0.4) is 0 Å². The van der Waals surface area contributed by atoms with Crippen molar-refractivity contribution in [3.8, 4) is 0 Å². The Bertz CT molecular complexity index is 255. The predicted octanol–water partition coefficient (Wildman–Crippen LogP) is 1.87. The number of hydrogen-bond acceptors (Lipinski definition) is 2. The maximum Gasteiger partial charge on any atom is 0.0492 e. The maximum atomic E-state index is 6.00. The Morgan fingerprint density at radius 3 is 2.86 bits per heavy atom. The molecule has 2 N–H and O–H groups in total. The fraction of sp³-hybridized carbons (Fsp3) is 0.727. The number of aromatic nitrogens is 2. The molecule has 0 radical (unpaired) electrons. The minimum absolute atomic E-state index is 0.352. The summed E-state index contributed by atoms with van der Waals surface area (Å²) in [6, 6.07) is 2.41. The number of nitrogens with zero attached hydrogens (tertiary/aromatic N) is 2. The molecule has 14 heavy (non-hydrogen) atoms. The Labute approximate surface area is 86.3 Å². The zero-order chi connectivity index (χ0) is 10.4. The molecule has 0 amide bonds. The van der Waals surface area contributed by atoms with E-state index in [0.717, 1.165) is 19.3 Å². The highest BCUT2D eigenvalue weighted by molar-refractivity contribution is 5.00. The van der Waals surface area contributed by atoms with E-state index in [1.165, 1.54) is 18.5 Å². The van der Waals surface area contributed by atoms with Crippen molar-refractivity contribution in [2.45, 2.75) is 45.1 Å². The van der Waals surface area contributed by atoms with Crippen LogP contribution in [-0.4, -0.2) is 15.8 Å². The molecule has 0 spiro atoms. The molecule has 1 atom stereocenters. The lowest BCUT2D eigenvalue weighted by molar-refractivity contribution is 0.531. The highest BCUT2D eigenvalue weighted by Gasteiger charge is 2.04. The summed E-state index contributed by atoms with van der Waals surface area (Å²) in [5.41, 5.74) is 7.27. The van der Waals surface area contributed by atoms with Crippen LogP contribution in [0.4, 0.5) is 0 Å². The molecule has 1 aromatic rings. The second-order valence-corrected chi connectivity index (χ2v) is 3.89. The molecule has 80 valence electrons. The molecule has 0 saturated heterocycles. The van der Waals surface area contributed by atoms with Gasteiger partial charge in [-0.05, 0) is 25.3 Å².